The van der Waals surface area contributed by atoms with Crippen molar-refractivity contribution in [1.29, 1.82) is 0 Å². The number of fused-ring (bicyclic) bond motifs is 3. The molecular formula is C27H34N2O5. The summed E-state index contributed by atoms with van der Waals surface area (Å²) in [4.78, 5) is 17.0. The van der Waals surface area contributed by atoms with Gasteiger partial charge in [-0.1, -0.05) is 24.3 Å². The van der Waals surface area contributed by atoms with Crippen LogP contribution in [0.5, 0.6) is 5.75 Å². The van der Waals surface area contributed by atoms with Gasteiger partial charge in [0, 0.05) is 57.4 Å². The number of carbonyl (C=O) groups excluding carboxylic acids is 1. The fourth-order valence-corrected chi connectivity index (χ4v) is 5.02. The summed E-state index contributed by atoms with van der Waals surface area (Å²) in [5.74, 6) is 0.742. The summed E-state index contributed by atoms with van der Waals surface area (Å²) in [5.41, 5.74) is 4.10. The number of rotatable bonds is 2. The highest BCUT2D eigenvalue weighted by Crippen LogP contribution is 2.26. The minimum Gasteiger partial charge on any atom is -0.491 e. The van der Waals surface area contributed by atoms with E-state index in [1.165, 1.54) is 11.1 Å². The molecule has 3 aliphatic heterocycles. The van der Waals surface area contributed by atoms with Crippen molar-refractivity contribution in [3.05, 3.63) is 64.7 Å². The third kappa shape index (κ3) is 5.61. The van der Waals surface area contributed by atoms with Gasteiger partial charge in [0.25, 0.3) is 5.91 Å². The molecule has 3 heterocycles. The van der Waals surface area contributed by atoms with E-state index in [4.69, 9.17) is 14.2 Å². The van der Waals surface area contributed by atoms with Crippen LogP contribution in [0.25, 0.3) is 0 Å². The van der Waals surface area contributed by atoms with Crippen molar-refractivity contribution in [3.63, 3.8) is 0 Å². The number of nitrogens with zero attached hydrogens (tertiary/aromatic N) is 2. The maximum Gasteiger partial charge on any atom is 0.254 e. The second kappa shape index (κ2) is 10.9. The molecule has 182 valence electrons. The average molecular weight is 467 g/mol. The number of amides is 1. The number of hydrogen-bond acceptors (Lipinski definition) is 6. The van der Waals surface area contributed by atoms with E-state index in [1.807, 2.05) is 18.2 Å². The molecule has 7 nitrogen and oxygen atoms in total. The maximum absolute atomic E-state index is 12.8. The lowest BCUT2D eigenvalue weighted by atomic mass is 9.98. The number of aliphatic hydroxyl groups is 1. The van der Waals surface area contributed by atoms with Gasteiger partial charge in [-0.05, 0) is 47.7 Å². The molecule has 3 aliphatic rings. The number of ether oxygens (including phenoxy) is 3. The first-order valence-electron chi connectivity index (χ1n) is 12.4. The molecule has 2 bridgehead atoms. The summed E-state index contributed by atoms with van der Waals surface area (Å²) >= 11 is 0. The van der Waals surface area contributed by atoms with Crippen LogP contribution in [0.15, 0.2) is 42.5 Å². The second-order valence-corrected chi connectivity index (χ2v) is 9.46. The van der Waals surface area contributed by atoms with Crippen LogP contribution in [0.1, 0.15) is 39.9 Å². The van der Waals surface area contributed by atoms with Crippen molar-refractivity contribution in [2.45, 2.75) is 38.0 Å². The summed E-state index contributed by atoms with van der Waals surface area (Å²) < 4.78 is 17.6. The molecule has 0 aromatic heterocycles. The van der Waals surface area contributed by atoms with Gasteiger partial charge in [0.2, 0.25) is 0 Å². The van der Waals surface area contributed by atoms with Crippen molar-refractivity contribution in [2.75, 3.05) is 52.7 Å². The maximum atomic E-state index is 12.8. The second-order valence-electron chi connectivity index (χ2n) is 9.46. The first-order valence-corrected chi connectivity index (χ1v) is 12.4. The van der Waals surface area contributed by atoms with Gasteiger partial charge in [-0.15, -0.1) is 0 Å². The van der Waals surface area contributed by atoms with Crippen molar-refractivity contribution in [1.82, 2.24) is 9.80 Å². The molecule has 1 N–H and O–H groups in total. The molecule has 0 spiro atoms. The Balaban J connectivity index is 1.39. The van der Waals surface area contributed by atoms with Crippen LogP contribution in [0, 0.1) is 0 Å². The highest BCUT2D eigenvalue weighted by Gasteiger charge is 2.30. The molecule has 2 saturated heterocycles. The fourth-order valence-electron chi connectivity index (χ4n) is 5.02. The lowest BCUT2D eigenvalue weighted by molar-refractivity contribution is 0.00588. The number of β-amino-alcohol motifs (C(OH)–C–C–N with tert-alkyl or cyclic N) is 1. The summed E-state index contributed by atoms with van der Waals surface area (Å²) in [6, 6.07) is 14.9. The molecule has 7 heteroatoms. The van der Waals surface area contributed by atoms with E-state index in [0.29, 0.717) is 50.9 Å². The quantitative estimate of drug-likeness (QED) is 0.733. The van der Waals surface area contributed by atoms with Crippen LogP contribution in [0.3, 0.4) is 0 Å². The summed E-state index contributed by atoms with van der Waals surface area (Å²) in [6.45, 7) is 5.89. The fraction of sp³-hybridized carbons (Fsp3) is 0.519. The Kier molecular flexibility index (Phi) is 7.45. The van der Waals surface area contributed by atoms with Crippen LogP contribution in [-0.2, 0) is 22.4 Å². The minimum absolute atomic E-state index is 0.0447. The van der Waals surface area contributed by atoms with Gasteiger partial charge in [0.1, 0.15) is 12.4 Å². The lowest BCUT2D eigenvalue weighted by Gasteiger charge is -2.36. The topological polar surface area (TPSA) is 71.5 Å². The first-order chi connectivity index (χ1) is 16.7. The van der Waals surface area contributed by atoms with E-state index in [1.54, 1.807) is 4.90 Å². The van der Waals surface area contributed by atoms with Crippen LogP contribution in [0.4, 0.5) is 0 Å². The van der Waals surface area contributed by atoms with Crippen molar-refractivity contribution in [2.24, 2.45) is 0 Å². The molecule has 0 aliphatic carbocycles. The Morgan fingerprint density at radius 2 is 1.71 bits per heavy atom. The summed E-state index contributed by atoms with van der Waals surface area (Å²) in [7, 11) is 0. The minimum atomic E-state index is -0.409. The molecule has 2 fully saturated rings. The molecular weight excluding hydrogens is 432 g/mol. The standard InChI is InChI=1S/C27H34N2O5/c30-25-18-29(19-25)27(31)22-4-5-26-23(16-22)15-20-2-1-3-21(14-20)17-28(8-11-33-12-13-34-26)24-6-9-32-10-7-24/h1-5,14,16,24-25,30H,6-13,15,17-19H2. The molecule has 0 atom stereocenters. The molecule has 2 aromatic rings. The van der Waals surface area contributed by atoms with Gasteiger partial charge in [-0.25, -0.2) is 0 Å². The number of carbonyl (C=O) groups is 1. The predicted molar refractivity (Wildman–Crippen MR) is 128 cm³/mol. The molecule has 0 saturated carbocycles. The zero-order valence-corrected chi connectivity index (χ0v) is 19.7. The van der Waals surface area contributed by atoms with E-state index in [0.717, 1.165) is 50.5 Å². The SMILES string of the molecule is O=C(c1ccc2c(c1)Cc1cccc(c1)CN(C1CCOCC1)CCOCCO2)N1CC(O)C1. The number of likely N-dealkylation sites (tertiary alicyclic amines) is 1. The molecule has 34 heavy (non-hydrogen) atoms. The Hall–Kier alpha value is -2.45. The van der Waals surface area contributed by atoms with Gasteiger partial charge in [-0.3, -0.25) is 9.69 Å². The number of aliphatic hydroxyl groups excluding tert-OH is 1. The van der Waals surface area contributed by atoms with Gasteiger partial charge in [-0.2, -0.15) is 0 Å². The zero-order chi connectivity index (χ0) is 23.3. The van der Waals surface area contributed by atoms with E-state index >= 15 is 0 Å². The Morgan fingerprint density at radius 3 is 2.53 bits per heavy atom. The molecule has 2 aromatic carbocycles. The van der Waals surface area contributed by atoms with E-state index in [2.05, 4.69) is 29.2 Å². The Labute approximate surface area is 201 Å². The normalized spacial score (nSPS) is 21.1. The molecule has 0 radical (unpaired) electrons. The smallest absolute Gasteiger partial charge is 0.254 e. The highest BCUT2D eigenvalue weighted by atomic mass is 16.5. The summed E-state index contributed by atoms with van der Waals surface area (Å²) in [6.07, 6.45) is 2.39. The molecule has 5 rings (SSSR count). The lowest BCUT2D eigenvalue weighted by Crippen LogP contribution is -2.53. The largest absolute Gasteiger partial charge is 0.491 e. The predicted octanol–water partition coefficient (Wildman–Crippen LogP) is 2.48. The average Bonchev–Trinajstić information content (AvgIpc) is 2.84. The Morgan fingerprint density at radius 1 is 0.912 bits per heavy atom. The van der Waals surface area contributed by atoms with Gasteiger partial charge in [0.05, 0.1) is 19.3 Å². The monoisotopic (exact) mass is 466 g/mol. The zero-order valence-electron chi connectivity index (χ0n) is 19.7. The molecule has 1 amide bonds. The van der Waals surface area contributed by atoms with Crippen LogP contribution in [0.2, 0.25) is 0 Å². The summed E-state index contributed by atoms with van der Waals surface area (Å²) in [5, 5.41) is 9.57. The van der Waals surface area contributed by atoms with Crippen molar-refractivity contribution >= 4 is 5.91 Å². The van der Waals surface area contributed by atoms with Crippen molar-refractivity contribution in [3.8, 4) is 5.75 Å². The number of hydrogen-bond donors (Lipinski definition) is 1. The van der Waals surface area contributed by atoms with Gasteiger partial charge >= 0.3 is 0 Å². The van der Waals surface area contributed by atoms with E-state index in [-0.39, 0.29) is 5.91 Å². The third-order valence-electron chi connectivity index (χ3n) is 6.94. The molecule has 0 unspecified atom stereocenters. The van der Waals surface area contributed by atoms with Crippen LogP contribution in [-0.4, -0.2) is 85.6 Å². The number of benzene rings is 2. The Bertz CT molecular complexity index is 985. The van der Waals surface area contributed by atoms with Gasteiger partial charge < -0.3 is 24.2 Å². The first kappa shape index (κ1) is 23.3. The van der Waals surface area contributed by atoms with Crippen molar-refractivity contribution < 1.29 is 24.1 Å². The van der Waals surface area contributed by atoms with E-state index < -0.39 is 6.10 Å². The van der Waals surface area contributed by atoms with Gasteiger partial charge in [0.15, 0.2) is 0 Å². The van der Waals surface area contributed by atoms with E-state index in [9.17, 15) is 9.90 Å². The van der Waals surface area contributed by atoms with Crippen LogP contribution < -0.4 is 4.74 Å². The van der Waals surface area contributed by atoms with Crippen LogP contribution >= 0.6 is 0 Å². The highest BCUT2D eigenvalue weighted by molar-refractivity contribution is 5.95. The third-order valence-corrected chi connectivity index (χ3v) is 6.94.